The summed E-state index contributed by atoms with van der Waals surface area (Å²) in [6.07, 6.45) is 4.24. The predicted octanol–water partition coefficient (Wildman–Crippen LogP) is 3.05. The predicted molar refractivity (Wildman–Crippen MR) is 78.9 cm³/mol. The zero-order valence-electron chi connectivity index (χ0n) is 12.0. The number of nitrogens with zero attached hydrogens (tertiary/aromatic N) is 1. The number of anilines is 1. The van der Waals surface area contributed by atoms with Crippen LogP contribution in [0.4, 0.5) is 11.4 Å². The van der Waals surface area contributed by atoms with Crippen molar-refractivity contribution in [2.45, 2.75) is 32.6 Å². The largest absolute Gasteiger partial charge is 0.493 e. The highest BCUT2D eigenvalue weighted by Gasteiger charge is 2.15. The highest BCUT2D eigenvalue weighted by molar-refractivity contribution is 5.75. The maximum absolute atomic E-state index is 11.0. The van der Waals surface area contributed by atoms with E-state index in [4.69, 9.17) is 9.84 Å². The van der Waals surface area contributed by atoms with Gasteiger partial charge in [-0.2, -0.15) is 0 Å². The summed E-state index contributed by atoms with van der Waals surface area (Å²) in [7, 11) is 0. The molecule has 1 aromatic carbocycles. The van der Waals surface area contributed by atoms with Crippen LogP contribution in [0, 0.1) is 10.1 Å². The number of carboxylic acids is 1. The Morgan fingerprint density at radius 2 is 2.14 bits per heavy atom. The van der Waals surface area contributed by atoms with Gasteiger partial charge in [0.2, 0.25) is 0 Å². The lowest BCUT2D eigenvalue weighted by Crippen LogP contribution is -2.13. The molecule has 7 nitrogen and oxygen atoms in total. The number of aliphatic carboxylic acids is 1. The number of nitrogens with one attached hydrogen (secondary N) is 1. The van der Waals surface area contributed by atoms with Crippen LogP contribution in [0.1, 0.15) is 32.6 Å². The van der Waals surface area contributed by atoms with Crippen LogP contribution < -0.4 is 10.1 Å². The van der Waals surface area contributed by atoms with Gasteiger partial charge in [0.05, 0.1) is 17.6 Å². The SMILES string of the molecule is CCCCCCOc1ccc(NCC(=O)O)c([N+](=O)[O-])c1. The van der Waals surface area contributed by atoms with E-state index in [0.29, 0.717) is 12.4 Å². The number of carboxylic acid groups (broad SMARTS) is 1. The number of nitro benzene ring substituents is 1. The molecular weight excluding hydrogens is 276 g/mol. The Hall–Kier alpha value is -2.31. The molecule has 0 aliphatic rings. The molecule has 21 heavy (non-hydrogen) atoms. The van der Waals surface area contributed by atoms with Gasteiger partial charge in [0, 0.05) is 0 Å². The van der Waals surface area contributed by atoms with Gasteiger partial charge in [0.25, 0.3) is 5.69 Å². The van der Waals surface area contributed by atoms with Gasteiger partial charge in [0.1, 0.15) is 18.0 Å². The molecule has 0 atom stereocenters. The summed E-state index contributed by atoms with van der Waals surface area (Å²) in [5, 5.41) is 22.1. The number of nitro groups is 1. The first-order chi connectivity index (χ1) is 10.0. The molecular formula is C14H20N2O5. The molecule has 1 aromatic rings. The molecule has 116 valence electrons. The molecule has 0 amide bonds. The van der Waals surface area contributed by atoms with Gasteiger partial charge in [-0.05, 0) is 18.6 Å². The first kappa shape index (κ1) is 16.7. The quantitative estimate of drug-likeness (QED) is 0.391. The van der Waals surface area contributed by atoms with Gasteiger partial charge in [-0.3, -0.25) is 14.9 Å². The third-order valence-corrected chi connectivity index (χ3v) is 2.86. The lowest BCUT2D eigenvalue weighted by atomic mass is 10.2. The Balaban J connectivity index is 2.65. The fraction of sp³-hybridized carbons (Fsp3) is 0.500. The highest BCUT2D eigenvalue weighted by atomic mass is 16.6. The molecule has 0 heterocycles. The van der Waals surface area contributed by atoms with Crippen LogP contribution in [0.25, 0.3) is 0 Å². The molecule has 0 spiro atoms. The van der Waals surface area contributed by atoms with E-state index in [2.05, 4.69) is 12.2 Å². The number of benzene rings is 1. The third-order valence-electron chi connectivity index (χ3n) is 2.86. The molecule has 0 saturated carbocycles. The Bertz CT molecular complexity index is 490. The number of hydrogen-bond donors (Lipinski definition) is 2. The third kappa shape index (κ3) is 6.11. The number of carbonyl (C=O) groups is 1. The van der Waals surface area contributed by atoms with E-state index in [9.17, 15) is 14.9 Å². The summed E-state index contributed by atoms with van der Waals surface area (Å²) < 4.78 is 5.48. The summed E-state index contributed by atoms with van der Waals surface area (Å²) in [5.74, 6) is -0.667. The van der Waals surface area contributed by atoms with Crippen molar-refractivity contribution in [1.82, 2.24) is 0 Å². The number of ether oxygens (including phenoxy) is 1. The lowest BCUT2D eigenvalue weighted by Gasteiger charge is -2.09. The topological polar surface area (TPSA) is 102 Å². The second kappa shape index (κ2) is 8.78. The van der Waals surface area contributed by atoms with Crippen LogP contribution in [0.5, 0.6) is 5.75 Å². The van der Waals surface area contributed by atoms with Crippen molar-refractivity contribution >= 4 is 17.3 Å². The van der Waals surface area contributed by atoms with Crippen molar-refractivity contribution < 1.29 is 19.6 Å². The number of unbranched alkanes of at least 4 members (excludes halogenated alkanes) is 3. The smallest absolute Gasteiger partial charge is 0.322 e. The average Bonchev–Trinajstić information content (AvgIpc) is 2.45. The van der Waals surface area contributed by atoms with E-state index in [-0.39, 0.29) is 17.9 Å². The fourth-order valence-electron chi connectivity index (χ4n) is 1.79. The standard InChI is InChI=1S/C14H20N2O5/c1-2-3-4-5-8-21-11-6-7-12(15-10-14(17)18)13(9-11)16(19)20/h6-7,9,15H,2-5,8,10H2,1H3,(H,17,18). The van der Waals surface area contributed by atoms with Crippen LogP contribution in [0.15, 0.2) is 18.2 Å². The van der Waals surface area contributed by atoms with Crippen LogP contribution in [0.3, 0.4) is 0 Å². The number of rotatable bonds is 10. The highest BCUT2D eigenvalue weighted by Crippen LogP contribution is 2.29. The first-order valence-electron chi connectivity index (χ1n) is 6.91. The summed E-state index contributed by atoms with van der Waals surface area (Å²) in [6.45, 7) is 2.25. The second-order valence-electron chi connectivity index (χ2n) is 4.59. The van der Waals surface area contributed by atoms with Gasteiger partial charge >= 0.3 is 5.97 Å². The zero-order valence-corrected chi connectivity index (χ0v) is 12.0. The molecule has 2 N–H and O–H groups in total. The zero-order chi connectivity index (χ0) is 15.7. The van der Waals surface area contributed by atoms with E-state index < -0.39 is 10.9 Å². The average molecular weight is 296 g/mol. The molecule has 0 aliphatic heterocycles. The molecule has 0 bridgehead atoms. The molecule has 0 saturated heterocycles. The van der Waals surface area contributed by atoms with Gasteiger partial charge < -0.3 is 15.2 Å². The monoisotopic (exact) mass is 296 g/mol. The molecule has 0 unspecified atom stereocenters. The Kier molecular flexibility index (Phi) is 7.00. The van der Waals surface area contributed by atoms with Gasteiger partial charge in [-0.1, -0.05) is 26.2 Å². The van der Waals surface area contributed by atoms with Crippen molar-refractivity contribution in [3.05, 3.63) is 28.3 Å². The summed E-state index contributed by atoms with van der Waals surface area (Å²) >= 11 is 0. The van der Waals surface area contributed by atoms with Gasteiger partial charge in [-0.25, -0.2) is 0 Å². The van der Waals surface area contributed by atoms with Crippen LogP contribution >= 0.6 is 0 Å². The van der Waals surface area contributed by atoms with Crippen LogP contribution in [-0.2, 0) is 4.79 Å². The van der Waals surface area contributed by atoms with Crippen molar-refractivity contribution in [3.8, 4) is 5.75 Å². The molecule has 0 fully saturated rings. The van der Waals surface area contributed by atoms with Gasteiger partial charge in [0.15, 0.2) is 0 Å². The van der Waals surface area contributed by atoms with Crippen molar-refractivity contribution in [1.29, 1.82) is 0 Å². The summed E-state index contributed by atoms with van der Waals surface area (Å²) in [6, 6.07) is 4.36. The van der Waals surface area contributed by atoms with E-state index in [1.807, 2.05) is 0 Å². The maximum atomic E-state index is 11.0. The minimum absolute atomic E-state index is 0.167. The Morgan fingerprint density at radius 3 is 2.76 bits per heavy atom. The van der Waals surface area contributed by atoms with E-state index in [1.165, 1.54) is 12.1 Å². The van der Waals surface area contributed by atoms with E-state index >= 15 is 0 Å². The summed E-state index contributed by atoms with van der Waals surface area (Å²) in [5.41, 5.74) is -0.0250. The maximum Gasteiger partial charge on any atom is 0.322 e. The molecule has 7 heteroatoms. The molecule has 0 aromatic heterocycles. The molecule has 0 radical (unpaired) electrons. The van der Waals surface area contributed by atoms with Crippen molar-refractivity contribution in [2.75, 3.05) is 18.5 Å². The molecule has 1 rings (SSSR count). The van der Waals surface area contributed by atoms with Gasteiger partial charge in [-0.15, -0.1) is 0 Å². The van der Waals surface area contributed by atoms with Crippen LogP contribution in [-0.4, -0.2) is 29.2 Å². The van der Waals surface area contributed by atoms with E-state index in [1.54, 1.807) is 6.07 Å². The van der Waals surface area contributed by atoms with Crippen molar-refractivity contribution in [3.63, 3.8) is 0 Å². The van der Waals surface area contributed by atoms with Crippen LogP contribution in [0.2, 0.25) is 0 Å². The minimum atomic E-state index is -1.08. The lowest BCUT2D eigenvalue weighted by molar-refractivity contribution is -0.384. The number of hydrogen-bond acceptors (Lipinski definition) is 5. The molecule has 0 aliphatic carbocycles. The normalized spacial score (nSPS) is 10.1. The van der Waals surface area contributed by atoms with Crippen molar-refractivity contribution in [2.24, 2.45) is 0 Å². The second-order valence-corrected chi connectivity index (χ2v) is 4.59. The Morgan fingerprint density at radius 1 is 1.38 bits per heavy atom. The van der Waals surface area contributed by atoms with E-state index in [0.717, 1.165) is 25.7 Å². The fourth-order valence-corrected chi connectivity index (χ4v) is 1.79. The Labute approximate surface area is 123 Å². The summed E-state index contributed by atoms with van der Waals surface area (Å²) in [4.78, 5) is 20.9. The first-order valence-corrected chi connectivity index (χ1v) is 6.91. The minimum Gasteiger partial charge on any atom is -0.493 e.